The predicted molar refractivity (Wildman–Crippen MR) is 78.8 cm³/mol. The van der Waals surface area contributed by atoms with Crippen LogP contribution < -0.4 is 5.32 Å². The van der Waals surface area contributed by atoms with Gasteiger partial charge in [-0.05, 0) is 43.1 Å². The van der Waals surface area contributed by atoms with Crippen LogP contribution in [0.25, 0.3) is 0 Å². The fourth-order valence-electron chi connectivity index (χ4n) is 1.94. The van der Waals surface area contributed by atoms with Crippen molar-refractivity contribution in [3.05, 3.63) is 28.8 Å². The largest absolute Gasteiger partial charge is 0.313 e. The fourth-order valence-corrected chi connectivity index (χ4v) is 3.37. The Labute approximate surface area is 116 Å². The molecule has 0 aromatic heterocycles. The van der Waals surface area contributed by atoms with Gasteiger partial charge in [-0.25, -0.2) is 12.7 Å². The van der Waals surface area contributed by atoms with Crippen LogP contribution in [0.2, 0.25) is 0 Å². The van der Waals surface area contributed by atoms with Crippen molar-refractivity contribution >= 4 is 10.0 Å². The van der Waals surface area contributed by atoms with E-state index in [1.807, 2.05) is 33.8 Å². The second kappa shape index (κ2) is 6.50. The molecule has 0 spiro atoms. The Kier molecular flexibility index (Phi) is 5.52. The van der Waals surface area contributed by atoms with Gasteiger partial charge in [0, 0.05) is 20.1 Å². The van der Waals surface area contributed by atoms with Gasteiger partial charge in [-0.2, -0.15) is 0 Å². The first-order valence-corrected chi connectivity index (χ1v) is 8.05. The maximum Gasteiger partial charge on any atom is 0.243 e. The number of sulfonamides is 1. The minimum absolute atomic E-state index is 0.412. The molecule has 0 bridgehead atoms. The summed E-state index contributed by atoms with van der Waals surface area (Å²) in [5, 5.41) is 3.24. The van der Waals surface area contributed by atoms with Crippen molar-refractivity contribution in [2.24, 2.45) is 0 Å². The number of rotatable bonds is 6. The molecule has 4 nitrogen and oxygen atoms in total. The Morgan fingerprint density at radius 2 is 1.79 bits per heavy atom. The van der Waals surface area contributed by atoms with E-state index in [0.29, 0.717) is 18.0 Å². The maximum atomic E-state index is 12.4. The molecule has 108 valence electrons. The van der Waals surface area contributed by atoms with Crippen molar-refractivity contribution in [2.45, 2.75) is 39.1 Å². The monoisotopic (exact) mass is 284 g/mol. The molecule has 0 aliphatic rings. The van der Waals surface area contributed by atoms with E-state index in [4.69, 9.17) is 0 Å². The highest BCUT2D eigenvalue weighted by Crippen LogP contribution is 2.23. The number of benzene rings is 1. The molecule has 0 heterocycles. The first kappa shape index (κ1) is 16.1. The second-order valence-corrected chi connectivity index (χ2v) is 6.76. The van der Waals surface area contributed by atoms with Crippen molar-refractivity contribution in [1.82, 2.24) is 9.62 Å². The third-order valence-electron chi connectivity index (χ3n) is 3.33. The fraction of sp³-hybridized carbons (Fsp3) is 0.571. The Bertz CT molecular complexity index is 539. The predicted octanol–water partition coefficient (Wildman–Crippen LogP) is 2.05. The quantitative estimate of drug-likeness (QED) is 0.870. The lowest BCUT2D eigenvalue weighted by molar-refractivity contribution is 0.485. The van der Waals surface area contributed by atoms with Gasteiger partial charge in [-0.3, -0.25) is 0 Å². The van der Waals surface area contributed by atoms with Gasteiger partial charge in [0.05, 0.1) is 4.90 Å². The smallest absolute Gasteiger partial charge is 0.243 e. The van der Waals surface area contributed by atoms with Crippen LogP contribution in [0, 0.1) is 13.8 Å². The van der Waals surface area contributed by atoms with Gasteiger partial charge in [-0.1, -0.05) is 19.9 Å². The van der Waals surface area contributed by atoms with Gasteiger partial charge in [0.25, 0.3) is 0 Å². The summed E-state index contributed by atoms with van der Waals surface area (Å²) < 4.78 is 26.2. The molecule has 1 N–H and O–H groups in total. The first-order valence-electron chi connectivity index (χ1n) is 6.61. The first-order chi connectivity index (χ1) is 8.84. The van der Waals surface area contributed by atoms with E-state index >= 15 is 0 Å². The summed E-state index contributed by atoms with van der Waals surface area (Å²) in [6.45, 7) is 9.76. The topological polar surface area (TPSA) is 49.4 Å². The summed E-state index contributed by atoms with van der Waals surface area (Å²) in [6.07, 6.45) is 0. The van der Waals surface area contributed by atoms with E-state index in [0.717, 1.165) is 23.2 Å². The molecule has 0 unspecified atom stereocenters. The van der Waals surface area contributed by atoms with Gasteiger partial charge in [-0.15, -0.1) is 0 Å². The van der Waals surface area contributed by atoms with Crippen LogP contribution >= 0.6 is 0 Å². The third-order valence-corrected chi connectivity index (χ3v) is 5.41. The van der Waals surface area contributed by atoms with Gasteiger partial charge in [0.1, 0.15) is 0 Å². The molecule has 0 saturated heterocycles. The van der Waals surface area contributed by atoms with E-state index in [2.05, 4.69) is 5.32 Å². The van der Waals surface area contributed by atoms with Crippen LogP contribution in [0.1, 0.15) is 30.5 Å². The van der Waals surface area contributed by atoms with Crippen LogP contribution in [0.3, 0.4) is 0 Å². The molecule has 1 aromatic rings. The maximum absolute atomic E-state index is 12.4. The van der Waals surface area contributed by atoms with Gasteiger partial charge in [0.2, 0.25) is 10.0 Å². The molecule has 1 aromatic carbocycles. The SMILES string of the molecule is CCNCc1cc(S(=O)(=O)N(C)CC)c(C)cc1C. The lowest BCUT2D eigenvalue weighted by Crippen LogP contribution is -2.27. The zero-order chi connectivity index (χ0) is 14.6. The van der Waals surface area contributed by atoms with E-state index in [1.165, 1.54) is 4.31 Å². The van der Waals surface area contributed by atoms with Crippen LogP contribution in [0.15, 0.2) is 17.0 Å². The van der Waals surface area contributed by atoms with E-state index < -0.39 is 10.0 Å². The molecule has 0 amide bonds. The molecule has 0 fully saturated rings. The molecule has 0 atom stereocenters. The normalized spacial score (nSPS) is 12.1. The molecule has 0 saturated carbocycles. The number of hydrogen-bond acceptors (Lipinski definition) is 3. The van der Waals surface area contributed by atoms with Crippen molar-refractivity contribution < 1.29 is 8.42 Å². The lowest BCUT2D eigenvalue weighted by Gasteiger charge is -2.18. The zero-order valence-electron chi connectivity index (χ0n) is 12.4. The van der Waals surface area contributed by atoms with Crippen molar-refractivity contribution in [3.8, 4) is 0 Å². The molecular formula is C14H24N2O2S. The zero-order valence-corrected chi connectivity index (χ0v) is 13.3. The number of hydrogen-bond donors (Lipinski definition) is 1. The number of nitrogens with one attached hydrogen (secondary N) is 1. The Hall–Kier alpha value is -0.910. The summed E-state index contributed by atoms with van der Waals surface area (Å²) >= 11 is 0. The summed E-state index contributed by atoms with van der Waals surface area (Å²) in [5.74, 6) is 0. The molecule has 0 radical (unpaired) electrons. The molecular weight excluding hydrogens is 260 g/mol. The van der Waals surface area contributed by atoms with Crippen LogP contribution in [0.4, 0.5) is 0 Å². The van der Waals surface area contributed by atoms with Gasteiger partial charge >= 0.3 is 0 Å². The Morgan fingerprint density at radius 3 is 2.32 bits per heavy atom. The number of nitrogens with zero attached hydrogens (tertiary/aromatic N) is 1. The van der Waals surface area contributed by atoms with Crippen molar-refractivity contribution in [3.63, 3.8) is 0 Å². The summed E-state index contributed by atoms with van der Waals surface area (Å²) in [6, 6.07) is 3.75. The average Bonchev–Trinajstić information content (AvgIpc) is 2.36. The van der Waals surface area contributed by atoms with Crippen LogP contribution in [0.5, 0.6) is 0 Å². The van der Waals surface area contributed by atoms with Gasteiger partial charge < -0.3 is 5.32 Å². The van der Waals surface area contributed by atoms with Crippen LogP contribution in [-0.2, 0) is 16.6 Å². The molecule has 0 aliphatic carbocycles. The molecule has 5 heteroatoms. The minimum atomic E-state index is -3.38. The average molecular weight is 284 g/mol. The summed E-state index contributed by atoms with van der Waals surface area (Å²) in [4.78, 5) is 0.412. The summed E-state index contributed by atoms with van der Waals surface area (Å²) in [7, 11) is -1.77. The molecule has 19 heavy (non-hydrogen) atoms. The molecule has 0 aliphatic heterocycles. The Balaban J connectivity index is 3.28. The van der Waals surface area contributed by atoms with E-state index in [1.54, 1.807) is 13.1 Å². The van der Waals surface area contributed by atoms with Crippen molar-refractivity contribution in [1.29, 1.82) is 0 Å². The number of aryl methyl sites for hydroxylation is 2. The third kappa shape index (κ3) is 3.55. The highest BCUT2D eigenvalue weighted by atomic mass is 32.2. The second-order valence-electron chi connectivity index (χ2n) is 4.74. The summed E-state index contributed by atoms with van der Waals surface area (Å²) in [5.41, 5.74) is 2.96. The van der Waals surface area contributed by atoms with Crippen molar-refractivity contribution in [2.75, 3.05) is 20.1 Å². The standard InChI is InChI=1S/C14H24N2O2S/c1-6-15-10-13-9-14(12(4)8-11(13)3)19(17,18)16(5)7-2/h8-9,15H,6-7,10H2,1-5H3. The van der Waals surface area contributed by atoms with E-state index in [-0.39, 0.29) is 0 Å². The van der Waals surface area contributed by atoms with Crippen LogP contribution in [-0.4, -0.2) is 32.9 Å². The highest BCUT2D eigenvalue weighted by Gasteiger charge is 2.22. The highest BCUT2D eigenvalue weighted by molar-refractivity contribution is 7.89. The Morgan fingerprint density at radius 1 is 1.16 bits per heavy atom. The molecule has 1 rings (SSSR count). The lowest BCUT2D eigenvalue weighted by atomic mass is 10.1. The van der Waals surface area contributed by atoms with E-state index in [9.17, 15) is 8.42 Å². The van der Waals surface area contributed by atoms with Gasteiger partial charge in [0.15, 0.2) is 0 Å². The minimum Gasteiger partial charge on any atom is -0.313 e.